The molecule has 0 unspecified atom stereocenters. The van der Waals surface area contributed by atoms with Gasteiger partial charge in [-0.05, 0) is 29.8 Å². The van der Waals surface area contributed by atoms with Gasteiger partial charge in [0.1, 0.15) is 5.03 Å². The van der Waals surface area contributed by atoms with Gasteiger partial charge in [0.15, 0.2) is 0 Å². The molecule has 1 heterocycles. The van der Waals surface area contributed by atoms with Crippen molar-refractivity contribution in [2.24, 2.45) is 0 Å². The van der Waals surface area contributed by atoms with E-state index in [1.165, 1.54) is 7.11 Å². The lowest BCUT2D eigenvalue weighted by Gasteiger charge is -2.02. The molecular formula is C13H12N2O2S. The van der Waals surface area contributed by atoms with Gasteiger partial charge in [0.05, 0.1) is 12.7 Å². The van der Waals surface area contributed by atoms with Crippen molar-refractivity contribution >= 4 is 17.7 Å². The molecule has 0 radical (unpaired) electrons. The number of nitrogens with zero attached hydrogens (tertiary/aromatic N) is 2. The molecule has 1 aromatic carbocycles. The highest BCUT2D eigenvalue weighted by Crippen LogP contribution is 2.20. The van der Waals surface area contributed by atoms with Crippen LogP contribution in [0.1, 0.15) is 15.9 Å². The van der Waals surface area contributed by atoms with Crippen molar-refractivity contribution in [1.29, 1.82) is 0 Å². The first-order valence-electron chi connectivity index (χ1n) is 5.37. The van der Waals surface area contributed by atoms with E-state index in [0.29, 0.717) is 5.56 Å². The van der Waals surface area contributed by atoms with Crippen LogP contribution in [0.3, 0.4) is 0 Å². The maximum Gasteiger partial charge on any atom is 0.337 e. The van der Waals surface area contributed by atoms with E-state index in [1.54, 1.807) is 30.1 Å². The van der Waals surface area contributed by atoms with E-state index < -0.39 is 0 Å². The molecule has 0 atom stereocenters. The molecular weight excluding hydrogens is 248 g/mol. The monoisotopic (exact) mass is 260 g/mol. The minimum absolute atomic E-state index is 0.317. The Labute approximate surface area is 109 Å². The summed E-state index contributed by atoms with van der Waals surface area (Å²) in [5.74, 6) is 0.475. The summed E-state index contributed by atoms with van der Waals surface area (Å²) in [6, 6.07) is 11.1. The second kappa shape index (κ2) is 6.16. The Bertz CT molecular complexity index is 514. The molecule has 1 aromatic heterocycles. The Morgan fingerprint density at radius 3 is 2.67 bits per heavy atom. The number of benzene rings is 1. The molecule has 0 aliphatic heterocycles. The number of ether oxygens (including phenoxy) is 1. The van der Waals surface area contributed by atoms with Crippen LogP contribution < -0.4 is 0 Å². The Hall–Kier alpha value is -1.88. The number of rotatable bonds is 4. The van der Waals surface area contributed by atoms with Crippen LogP contribution in [0, 0.1) is 0 Å². The molecule has 0 amide bonds. The van der Waals surface area contributed by atoms with E-state index >= 15 is 0 Å². The lowest BCUT2D eigenvalue weighted by molar-refractivity contribution is 0.0601. The van der Waals surface area contributed by atoms with Crippen molar-refractivity contribution in [3.63, 3.8) is 0 Å². The molecule has 4 nitrogen and oxygen atoms in total. The van der Waals surface area contributed by atoms with E-state index in [9.17, 15) is 4.79 Å². The van der Waals surface area contributed by atoms with Crippen molar-refractivity contribution in [2.45, 2.75) is 10.8 Å². The molecule has 5 heteroatoms. The van der Waals surface area contributed by atoms with Crippen molar-refractivity contribution in [3.05, 3.63) is 53.7 Å². The fourth-order valence-electron chi connectivity index (χ4n) is 1.38. The number of esters is 1. The van der Waals surface area contributed by atoms with Gasteiger partial charge in [-0.25, -0.2) is 4.79 Å². The number of hydrogen-bond donors (Lipinski definition) is 0. The average Bonchev–Trinajstić information content (AvgIpc) is 2.46. The molecule has 0 aliphatic carbocycles. The fourth-order valence-corrected chi connectivity index (χ4v) is 2.16. The van der Waals surface area contributed by atoms with Gasteiger partial charge < -0.3 is 4.74 Å². The van der Waals surface area contributed by atoms with E-state index in [0.717, 1.165) is 16.3 Å². The first-order valence-corrected chi connectivity index (χ1v) is 6.36. The Morgan fingerprint density at radius 2 is 2.06 bits per heavy atom. The van der Waals surface area contributed by atoms with Gasteiger partial charge in [0.25, 0.3) is 0 Å². The first-order chi connectivity index (χ1) is 8.79. The van der Waals surface area contributed by atoms with Crippen LogP contribution in [0.25, 0.3) is 0 Å². The standard InChI is InChI=1S/C13H12N2O2S/c1-17-13(16)11-6-4-10(5-7-11)9-18-12-3-2-8-14-15-12/h2-8H,9H2,1H3. The molecule has 0 bridgehead atoms. The number of carbonyl (C=O) groups excluding carboxylic acids is 1. The molecule has 2 aromatic rings. The summed E-state index contributed by atoms with van der Waals surface area (Å²) in [7, 11) is 1.38. The summed E-state index contributed by atoms with van der Waals surface area (Å²) < 4.78 is 4.64. The normalized spacial score (nSPS) is 10.1. The predicted molar refractivity (Wildman–Crippen MR) is 69.4 cm³/mol. The van der Waals surface area contributed by atoms with Crippen LogP contribution in [0.4, 0.5) is 0 Å². The summed E-state index contributed by atoms with van der Waals surface area (Å²) in [5.41, 5.74) is 1.68. The molecule has 2 rings (SSSR count). The largest absolute Gasteiger partial charge is 0.465 e. The molecule has 92 valence electrons. The van der Waals surface area contributed by atoms with Crippen LogP contribution >= 0.6 is 11.8 Å². The molecule has 0 N–H and O–H groups in total. The maximum absolute atomic E-state index is 11.3. The summed E-state index contributed by atoms with van der Waals surface area (Å²) in [6.45, 7) is 0. The van der Waals surface area contributed by atoms with Crippen molar-refractivity contribution in [3.8, 4) is 0 Å². The topological polar surface area (TPSA) is 52.1 Å². The molecule has 0 saturated carbocycles. The average molecular weight is 260 g/mol. The Morgan fingerprint density at radius 1 is 1.28 bits per heavy atom. The Kier molecular flexibility index (Phi) is 4.30. The lowest BCUT2D eigenvalue weighted by Crippen LogP contribution is -2.00. The van der Waals surface area contributed by atoms with Gasteiger partial charge in [-0.15, -0.1) is 5.10 Å². The second-order valence-corrected chi connectivity index (χ2v) is 4.53. The van der Waals surface area contributed by atoms with Gasteiger partial charge >= 0.3 is 5.97 Å². The highest BCUT2D eigenvalue weighted by atomic mass is 32.2. The van der Waals surface area contributed by atoms with Crippen molar-refractivity contribution in [1.82, 2.24) is 10.2 Å². The smallest absolute Gasteiger partial charge is 0.337 e. The molecule has 0 spiro atoms. The second-order valence-electron chi connectivity index (χ2n) is 3.54. The van der Waals surface area contributed by atoms with Gasteiger partial charge in [-0.1, -0.05) is 23.9 Å². The number of carbonyl (C=O) groups is 1. The van der Waals surface area contributed by atoms with Gasteiger partial charge in [-0.3, -0.25) is 0 Å². The minimum Gasteiger partial charge on any atom is -0.465 e. The predicted octanol–water partition coefficient (Wildman–Crippen LogP) is 2.56. The van der Waals surface area contributed by atoms with Gasteiger partial charge in [-0.2, -0.15) is 5.10 Å². The summed E-state index contributed by atoms with van der Waals surface area (Å²) in [5, 5.41) is 8.69. The number of methoxy groups -OCH3 is 1. The zero-order chi connectivity index (χ0) is 12.8. The maximum atomic E-state index is 11.3. The lowest BCUT2D eigenvalue weighted by atomic mass is 10.1. The number of aromatic nitrogens is 2. The molecule has 0 fully saturated rings. The van der Waals surface area contributed by atoms with E-state index in [1.807, 2.05) is 24.3 Å². The third-order valence-electron chi connectivity index (χ3n) is 2.31. The van der Waals surface area contributed by atoms with Crippen LogP contribution in [-0.4, -0.2) is 23.3 Å². The van der Waals surface area contributed by atoms with Crippen LogP contribution in [0.15, 0.2) is 47.6 Å². The number of thioether (sulfide) groups is 1. The van der Waals surface area contributed by atoms with E-state index in [4.69, 9.17) is 0 Å². The Balaban J connectivity index is 1.97. The highest BCUT2D eigenvalue weighted by Gasteiger charge is 2.04. The summed E-state index contributed by atoms with van der Waals surface area (Å²) in [6.07, 6.45) is 1.65. The molecule has 18 heavy (non-hydrogen) atoms. The van der Waals surface area contributed by atoms with E-state index in [-0.39, 0.29) is 5.97 Å². The third-order valence-corrected chi connectivity index (χ3v) is 3.30. The molecule has 0 saturated heterocycles. The molecule has 0 aliphatic rings. The van der Waals surface area contributed by atoms with Crippen LogP contribution in [-0.2, 0) is 10.5 Å². The van der Waals surface area contributed by atoms with Gasteiger partial charge in [0, 0.05) is 11.9 Å². The first kappa shape index (κ1) is 12.6. The van der Waals surface area contributed by atoms with Gasteiger partial charge in [0.2, 0.25) is 0 Å². The summed E-state index contributed by atoms with van der Waals surface area (Å²) in [4.78, 5) is 11.3. The SMILES string of the molecule is COC(=O)c1ccc(CSc2cccnn2)cc1. The number of hydrogen-bond acceptors (Lipinski definition) is 5. The zero-order valence-corrected chi connectivity index (χ0v) is 10.7. The fraction of sp³-hybridized carbons (Fsp3) is 0.154. The highest BCUT2D eigenvalue weighted by molar-refractivity contribution is 7.98. The zero-order valence-electron chi connectivity index (χ0n) is 9.87. The van der Waals surface area contributed by atoms with Crippen LogP contribution in [0.5, 0.6) is 0 Å². The minimum atomic E-state index is -0.317. The van der Waals surface area contributed by atoms with E-state index in [2.05, 4.69) is 14.9 Å². The quantitative estimate of drug-likeness (QED) is 0.624. The summed E-state index contributed by atoms with van der Waals surface area (Å²) >= 11 is 1.60. The third kappa shape index (κ3) is 3.30. The van der Waals surface area contributed by atoms with Crippen molar-refractivity contribution < 1.29 is 9.53 Å². The van der Waals surface area contributed by atoms with Crippen molar-refractivity contribution in [2.75, 3.05) is 7.11 Å². The van der Waals surface area contributed by atoms with Crippen LogP contribution in [0.2, 0.25) is 0 Å².